The fourth-order valence-corrected chi connectivity index (χ4v) is 2.56. The maximum Gasteiger partial charge on any atom is 0.235 e. The number of para-hydroxylation sites is 1. The minimum atomic E-state index is 0.197. The van der Waals surface area contributed by atoms with Crippen molar-refractivity contribution in [3.8, 4) is 17.5 Å². The molecule has 3 rings (SSSR count). The SMILES string of the molecule is COc1cc(Oc2ccccc2)nc(NC(=S)NCC2CCCO2)n1. The third-order valence-corrected chi connectivity index (χ3v) is 3.84. The van der Waals surface area contributed by atoms with Crippen LogP contribution >= 0.6 is 12.2 Å². The molecule has 2 aromatic rings. The highest BCUT2D eigenvalue weighted by molar-refractivity contribution is 7.80. The van der Waals surface area contributed by atoms with Gasteiger partial charge in [-0.1, -0.05) is 18.2 Å². The first kappa shape index (κ1) is 17.4. The van der Waals surface area contributed by atoms with Crippen molar-refractivity contribution in [2.24, 2.45) is 0 Å². The van der Waals surface area contributed by atoms with Gasteiger partial charge in [-0.2, -0.15) is 9.97 Å². The van der Waals surface area contributed by atoms with Crippen molar-refractivity contribution >= 4 is 23.3 Å². The number of aromatic nitrogens is 2. The fourth-order valence-electron chi connectivity index (χ4n) is 2.38. The molecule has 1 saturated heterocycles. The molecule has 1 aliphatic rings. The molecule has 0 radical (unpaired) electrons. The lowest BCUT2D eigenvalue weighted by Crippen LogP contribution is -2.35. The van der Waals surface area contributed by atoms with Crippen LogP contribution in [0.15, 0.2) is 36.4 Å². The molecule has 8 heteroatoms. The maximum atomic E-state index is 5.73. The molecule has 1 atom stereocenters. The van der Waals surface area contributed by atoms with Gasteiger partial charge in [0, 0.05) is 13.2 Å². The van der Waals surface area contributed by atoms with Crippen molar-refractivity contribution in [2.45, 2.75) is 18.9 Å². The van der Waals surface area contributed by atoms with Gasteiger partial charge in [0.2, 0.25) is 17.7 Å². The summed E-state index contributed by atoms with van der Waals surface area (Å²) >= 11 is 5.28. The van der Waals surface area contributed by atoms with Crippen molar-refractivity contribution in [2.75, 3.05) is 25.6 Å². The van der Waals surface area contributed by atoms with E-state index in [1.165, 1.54) is 7.11 Å². The van der Waals surface area contributed by atoms with E-state index in [9.17, 15) is 0 Å². The normalized spacial score (nSPS) is 16.3. The van der Waals surface area contributed by atoms with E-state index in [4.69, 9.17) is 26.4 Å². The Kier molecular flexibility index (Phi) is 5.97. The molecular weight excluding hydrogens is 340 g/mol. The second-order valence-corrected chi connectivity index (χ2v) is 5.87. The van der Waals surface area contributed by atoms with Gasteiger partial charge in [-0.05, 0) is 37.2 Å². The van der Waals surface area contributed by atoms with Gasteiger partial charge in [0.1, 0.15) is 5.75 Å². The average Bonchev–Trinajstić information content (AvgIpc) is 3.14. The lowest BCUT2D eigenvalue weighted by atomic mass is 10.2. The Morgan fingerprint density at radius 2 is 2.08 bits per heavy atom. The third kappa shape index (κ3) is 5.27. The van der Waals surface area contributed by atoms with Crippen LogP contribution in [0.25, 0.3) is 0 Å². The first-order valence-corrected chi connectivity index (χ1v) is 8.46. The van der Waals surface area contributed by atoms with E-state index in [-0.39, 0.29) is 6.10 Å². The molecule has 25 heavy (non-hydrogen) atoms. The van der Waals surface area contributed by atoms with Gasteiger partial charge in [0.15, 0.2) is 5.11 Å². The van der Waals surface area contributed by atoms with Gasteiger partial charge in [0.25, 0.3) is 0 Å². The Morgan fingerprint density at radius 1 is 1.28 bits per heavy atom. The highest BCUT2D eigenvalue weighted by Crippen LogP contribution is 2.23. The largest absolute Gasteiger partial charge is 0.481 e. The number of hydrogen-bond donors (Lipinski definition) is 2. The zero-order chi connectivity index (χ0) is 17.5. The predicted molar refractivity (Wildman–Crippen MR) is 98.3 cm³/mol. The van der Waals surface area contributed by atoms with E-state index in [1.807, 2.05) is 30.3 Å². The van der Waals surface area contributed by atoms with Crippen LogP contribution in [0.1, 0.15) is 12.8 Å². The van der Waals surface area contributed by atoms with Gasteiger partial charge >= 0.3 is 0 Å². The number of nitrogens with one attached hydrogen (secondary N) is 2. The van der Waals surface area contributed by atoms with Crippen molar-refractivity contribution in [3.63, 3.8) is 0 Å². The Balaban J connectivity index is 1.63. The monoisotopic (exact) mass is 360 g/mol. The van der Waals surface area contributed by atoms with Crippen LogP contribution in [0.2, 0.25) is 0 Å². The lowest BCUT2D eigenvalue weighted by molar-refractivity contribution is 0.114. The summed E-state index contributed by atoms with van der Waals surface area (Å²) < 4.78 is 16.5. The van der Waals surface area contributed by atoms with Gasteiger partial charge in [-0.15, -0.1) is 0 Å². The molecule has 0 bridgehead atoms. The van der Waals surface area contributed by atoms with Gasteiger partial charge in [-0.25, -0.2) is 0 Å². The number of rotatable bonds is 6. The fraction of sp³-hybridized carbons (Fsp3) is 0.353. The number of anilines is 1. The molecule has 0 spiro atoms. The predicted octanol–water partition coefficient (Wildman–Crippen LogP) is 2.74. The maximum absolute atomic E-state index is 5.73. The molecule has 2 heterocycles. The van der Waals surface area contributed by atoms with E-state index in [2.05, 4.69) is 20.6 Å². The summed E-state index contributed by atoms with van der Waals surface area (Å²) in [6.07, 6.45) is 2.33. The lowest BCUT2D eigenvalue weighted by Gasteiger charge is -2.14. The van der Waals surface area contributed by atoms with Crippen molar-refractivity contribution in [3.05, 3.63) is 36.4 Å². The van der Waals surface area contributed by atoms with Crippen LogP contribution in [0.3, 0.4) is 0 Å². The number of ether oxygens (including phenoxy) is 3. The number of hydrogen-bond acceptors (Lipinski definition) is 6. The van der Waals surface area contributed by atoms with Gasteiger partial charge in [0.05, 0.1) is 19.3 Å². The molecule has 1 unspecified atom stereocenters. The summed E-state index contributed by atoms with van der Waals surface area (Å²) in [6, 6.07) is 11.0. The standard InChI is InChI=1S/C17H20N4O3S/c1-22-14-10-15(24-12-6-3-2-4-7-12)20-16(19-14)21-17(25)18-11-13-8-5-9-23-13/h2-4,6-7,10,13H,5,8-9,11H2,1H3,(H2,18,19,20,21,25). The summed E-state index contributed by atoms with van der Waals surface area (Å²) in [4.78, 5) is 8.54. The second kappa shape index (κ2) is 8.59. The molecule has 7 nitrogen and oxygen atoms in total. The quantitative estimate of drug-likeness (QED) is 0.762. The zero-order valence-corrected chi connectivity index (χ0v) is 14.7. The molecule has 0 saturated carbocycles. The van der Waals surface area contributed by atoms with E-state index in [0.29, 0.717) is 35.1 Å². The van der Waals surface area contributed by atoms with E-state index in [1.54, 1.807) is 6.07 Å². The highest BCUT2D eigenvalue weighted by atomic mass is 32.1. The number of thiocarbonyl (C=S) groups is 1. The smallest absolute Gasteiger partial charge is 0.235 e. The van der Waals surface area contributed by atoms with Gasteiger partial charge in [-0.3, -0.25) is 0 Å². The van der Waals surface area contributed by atoms with Crippen molar-refractivity contribution < 1.29 is 14.2 Å². The van der Waals surface area contributed by atoms with Crippen LogP contribution < -0.4 is 20.1 Å². The van der Waals surface area contributed by atoms with E-state index < -0.39 is 0 Å². The number of nitrogens with zero attached hydrogens (tertiary/aromatic N) is 2. The average molecular weight is 360 g/mol. The summed E-state index contributed by atoms with van der Waals surface area (Å²) in [5.74, 6) is 1.72. The first-order chi connectivity index (χ1) is 12.2. The van der Waals surface area contributed by atoms with Crippen LogP contribution in [-0.2, 0) is 4.74 Å². The summed E-state index contributed by atoms with van der Waals surface area (Å²) in [5, 5.41) is 6.49. The molecule has 1 fully saturated rings. The topological polar surface area (TPSA) is 77.5 Å². The Morgan fingerprint density at radius 3 is 2.80 bits per heavy atom. The van der Waals surface area contributed by atoms with Crippen molar-refractivity contribution in [1.29, 1.82) is 0 Å². The van der Waals surface area contributed by atoms with Gasteiger partial charge < -0.3 is 24.8 Å². The Labute approximate surface area is 151 Å². The number of methoxy groups -OCH3 is 1. The summed E-state index contributed by atoms with van der Waals surface area (Å²) in [5.41, 5.74) is 0. The van der Waals surface area contributed by atoms with E-state index in [0.717, 1.165) is 19.4 Å². The minimum absolute atomic E-state index is 0.197. The summed E-state index contributed by atoms with van der Waals surface area (Å²) in [7, 11) is 1.53. The Hall–Kier alpha value is -2.45. The first-order valence-electron chi connectivity index (χ1n) is 8.05. The molecule has 132 valence electrons. The summed E-state index contributed by atoms with van der Waals surface area (Å²) in [6.45, 7) is 1.47. The minimum Gasteiger partial charge on any atom is -0.481 e. The second-order valence-electron chi connectivity index (χ2n) is 5.46. The molecule has 0 aliphatic carbocycles. The zero-order valence-electron chi connectivity index (χ0n) is 13.9. The molecule has 1 aliphatic heterocycles. The van der Waals surface area contributed by atoms with Crippen LogP contribution in [0.5, 0.6) is 17.5 Å². The molecule has 0 amide bonds. The van der Waals surface area contributed by atoms with Crippen LogP contribution in [-0.4, -0.2) is 41.4 Å². The van der Waals surface area contributed by atoms with Crippen molar-refractivity contribution in [1.82, 2.24) is 15.3 Å². The van der Waals surface area contributed by atoms with Crippen LogP contribution in [0, 0.1) is 0 Å². The highest BCUT2D eigenvalue weighted by Gasteiger charge is 2.16. The van der Waals surface area contributed by atoms with Crippen LogP contribution in [0.4, 0.5) is 5.95 Å². The molecule has 1 aromatic carbocycles. The molecular formula is C17H20N4O3S. The van der Waals surface area contributed by atoms with E-state index >= 15 is 0 Å². The Bertz CT molecular complexity index is 708. The third-order valence-electron chi connectivity index (χ3n) is 3.59. The number of benzene rings is 1. The molecule has 2 N–H and O–H groups in total. The molecule has 1 aromatic heterocycles.